The fraction of sp³-hybridized carbons (Fsp3) is 0.385. The molecule has 0 amide bonds. The van der Waals surface area contributed by atoms with E-state index < -0.39 is 21.5 Å². The molecule has 0 radical (unpaired) electrons. The maximum atomic E-state index is 12.2. The predicted octanol–water partition coefficient (Wildman–Crippen LogP) is 6.46. The molecule has 10 nitrogen and oxygen atoms in total. The van der Waals surface area contributed by atoms with Crippen molar-refractivity contribution in [2.45, 2.75) is 56.8 Å². The summed E-state index contributed by atoms with van der Waals surface area (Å²) in [5.41, 5.74) is 5.73. The zero-order valence-corrected chi connectivity index (χ0v) is 30.3. The number of carboxylic acids is 1. The zero-order valence-electron chi connectivity index (χ0n) is 29.4. The molecule has 2 N–H and O–H groups in total. The van der Waals surface area contributed by atoms with Crippen molar-refractivity contribution in [1.82, 2.24) is 4.58 Å². The second-order valence-corrected chi connectivity index (χ2v) is 14.6. The van der Waals surface area contributed by atoms with Crippen LogP contribution in [0.25, 0.3) is 28.7 Å². The third-order valence-electron chi connectivity index (χ3n) is 9.46. The van der Waals surface area contributed by atoms with Crippen molar-refractivity contribution in [1.29, 1.82) is 0 Å². The molecule has 2 heterocycles. The Morgan fingerprint density at radius 1 is 0.960 bits per heavy atom. The lowest BCUT2D eigenvalue weighted by Gasteiger charge is -2.28. The van der Waals surface area contributed by atoms with Crippen LogP contribution >= 0.6 is 0 Å². The number of unbranched alkanes of at least 4 members (excludes halogenated alkanes) is 2. The molecule has 2 aromatic rings. The minimum Gasteiger partial charge on any atom is -0.481 e. The Labute approximate surface area is 294 Å². The first-order valence-electron chi connectivity index (χ1n) is 16.9. The van der Waals surface area contributed by atoms with Gasteiger partial charge in [0.15, 0.2) is 13.1 Å². The van der Waals surface area contributed by atoms with Gasteiger partial charge in [0.25, 0.3) is 10.1 Å². The molecule has 11 heteroatoms. The summed E-state index contributed by atoms with van der Waals surface area (Å²) >= 11 is 0. The SMILES string of the molecule is COCC[N+](CCOC)=c1ccc2c(/C=C3\N(CCCCCC(=O)O)c4ccc(S(=O)(=O)O)cc4C3(C)C)c(C)c(-c3ccccc3)oc-2c1. The Kier molecular flexibility index (Phi) is 11.6. The maximum Gasteiger partial charge on any atom is 0.303 e. The van der Waals surface area contributed by atoms with Crippen molar-refractivity contribution in [2.24, 2.45) is 0 Å². The Morgan fingerprint density at radius 2 is 1.66 bits per heavy atom. The van der Waals surface area contributed by atoms with Crippen molar-refractivity contribution in [3.05, 3.63) is 94.5 Å². The van der Waals surface area contributed by atoms with Gasteiger partial charge in [-0.2, -0.15) is 8.42 Å². The first-order valence-corrected chi connectivity index (χ1v) is 18.3. The summed E-state index contributed by atoms with van der Waals surface area (Å²) in [7, 11) is -1.05. The molecule has 0 fully saturated rings. The van der Waals surface area contributed by atoms with Gasteiger partial charge in [0.1, 0.15) is 24.7 Å². The Bertz CT molecular complexity index is 2010. The smallest absolute Gasteiger partial charge is 0.303 e. The molecule has 3 aliphatic rings. The molecule has 0 unspecified atom stereocenters. The number of rotatable bonds is 15. The molecule has 2 aromatic carbocycles. The number of ether oxygens (including phenoxy) is 2. The van der Waals surface area contributed by atoms with Crippen LogP contribution in [0.15, 0.2) is 81.7 Å². The first-order chi connectivity index (χ1) is 23.9. The normalized spacial score (nSPS) is 14.8. The largest absolute Gasteiger partial charge is 0.481 e. The second kappa shape index (κ2) is 15.7. The van der Waals surface area contributed by atoms with Crippen molar-refractivity contribution in [3.8, 4) is 22.6 Å². The number of aliphatic carboxylic acids is 1. The molecule has 1 aliphatic carbocycles. The van der Waals surface area contributed by atoms with Crippen LogP contribution in [-0.2, 0) is 29.8 Å². The number of benzene rings is 3. The minimum atomic E-state index is -4.42. The number of anilines is 1. The molecule has 50 heavy (non-hydrogen) atoms. The molecule has 0 saturated heterocycles. The zero-order chi connectivity index (χ0) is 36.1. The molecule has 0 atom stereocenters. The summed E-state index contributed by atoms with van der Waals surface area (Å²) in [6, 6.07) is 20.9. The molecule has 2 aliphatic heterocycles. The van der Waals surface area contributed by atoms with E-state index in [0.717, 1.165) is 63.2 Å². The van der Waals surface area contributed by atoms with Crippen LogP contribution in [0.1, 0.15) is 56.2 Å². The molecular weight excluding hydrogens is 657 g/mol. The molecule has 5 rings (SSSR count). The fourth-order valence-electron chi connectivity index (χ4n) is 6.73. The van der Waals surface area contributed by atoms with Gasteiger partial charge in [0, 0.05) is 66.7 Å². The third kappa shape index (κ3) is 8.02. The highest BCUT2D eigenvalue weighted by molar-refractivity contribution is 7.85. The van der Waals surface area contributed by atoms with Crippen LogP contribution in [-0.4, -0.2) is 71.1 Å². The monoisotopic (exact) mass is 703 g/mol. The van der Waals surface area contributed by atoms with E-state index in [1.807, 2.05) is 30.3 Å². The number of allylic oxidation sites excluding steroid dienone is 1. The highest BCUT2D eigenvalue weighted by atomic mass is 32.2. The van der Waals surface area contributed by atoms with Crippen LogP contribution in [0.4, 0.5) is 5.69 Å². The number of hydrogen-bond acceptors (Lipinski definition) is 7. The molecule has 0 saturated carbocycles. The summed E-state index contributed by atoms with van der Waals surface area (Å²) in [5, 5.41) is 10.1. The Morgan fingerprint density at radius 3 is 2.30 bits per heavy atom. The van der Waals surface area contributed by atoms with Crippen molar-refractivity contribution >= 4 is 27.9 Å². The van der Waals surface area contributed by atoms with Crippen LogP contribution in [0.2, 0.25) is 0 Å². The van der Waals surface area contributed by atoms with Gasteiger partial charge in [0.05, 0.1) is 11.0 Å². The quantitative estimate of drug-likeness (QED) is 0.0815. The molecular formula is C39H47N2O8S+. The van der Waals surface area contributed by atoms with E-state index in [-0.39, 0.29) is 11.3 Å². The summed E-state index contributed by atoms with van der Waals surface area (Å²) in [6.45, 7) is 9.24. The highest BCUT2D eigenvalue weighted by Gasteiger charge is 2.41. The van der Waals surface area contributed by atoms with Crippen LogP contribution in [0.5, 0.6) is 0 Å². The topological polar surface area (TPSA) is 130 Å². The molecule has 0 aromatic heterocycles. The molecule has 0 bridgehead atoms. The minimum absolute atomic E-state index is 0.111. The van der Waals surface area contributed by atoms with Crippen LogP contribution < -0.4 is 14.8 Å². The number of nitrogens with zero attached hydrogens (tertiary/aromatic N) is 2. The average Bonchev–Trinajstić information content (AvgIpc) is 3.29. The van der Waals surface area contributed by atoms with Gasteiger partial charge in [-0.05, 0) is 61.2 Å². The van der Waals surface area contributed by atoms with Crippen LogP contribution in [0.3, 0.4) is 0 Å². The Balaban J connectivity index is 1.73. The van der Waals surface area contributed by atoms with Gasteiger partial charge >= 0.3 is 5.97 Å². The van der Waals surface area contributed by atoms with Gasteiger partial charge in [-0.15, -0.1) is 0 Å². The van der Waals surface area contributed by atoms with Gasteiger partial charge in [-0.1, -0.05) is 50.6 Å². The highest BCUT2D eigenvalue weighted by Crippen LogP contribution is 2.50. The van der Waals surface area contributed by atoms with Gasteiger partial charge in [-0.3, -0.25) is 9.35 Å². The number of hydrogen-bond donors (Lipinski definition) is 2. The molecule has 0 spiro atoms. The molecule has 266 valence electrons. The summed E-state index contributed by atoms with van der Waals surface area (Å²) in [4.78, 5) is 13.2. The average molecular weight is 704 g/mol. The van der Waals surface area contributed by atoms with E-state index in [4.69, 9.17) is 19.0 Å². The first kappa shape index (κ1) is 37.0. The van der Waals surface area contributed by atoms with E-state index in [2.05, 4.69) is 54.5 Å². The maximum absolute atomic E-state index is 12.2. The van der Waals surface area contributed by atoms with Gasteiger partial charge in [-0.25, -0.2) is 4.58 Å². The Hall–Kier alpha value is -4.29. The lowest BCUT2D eigenvalue weighted by atomic mass is 9.82. The van der Waals surface area contributed by atoms with Crippen molar-refractivity contribution in [3.63, 3.8) is 0 Å². The summed E-state index contributed by atoms with van der Waals surface area (Å²) in [6.07, 6.45) is 4.32. The van der Waals surface area contributed by atoms with E-state index in [0.29, 0.717) is 45.0 Å². The predicted molar refractivity (Wildman–Crippen MR) is 195 cm³/mol. The van der Waals surface area contributed by atoms with Gasteiger partial charge < -0.3 is 23.9 Å². The van der Waals surface area contributed by atoms with E-state index in [1.54, 1.807) is 26.4 Å². The van der Waals surface area contributed by atoms with Crippen LogP contribution in [0, 0.1) is 6.92 Å². The number of methoxy groups -OCH3 is 2. The van der Waals surface area contributed by atoms with E-state index in [9.17, 15) is 17.8 Å². The lowest BCUT2D eigenvalue weighted by molar-refractivity contribution is -0.137. The van der Waals surface area contributed by atoms with Crippen molar-refractivity contribution < 1.29 is 36.8 Å². The second-order valence-electron chi connectivity index (χ2n) is 13.2. The third-order valence-corrected chi connectivity index (χ3v) is 10.3. The number of carbonyl (C=O) groups is 1. The summed E-state index contributed by atoms with van der Waals surface area (Å²) in [5.74, 6) is 0.635. The standard InChI is InChI=1S/C39H46N2O8S/c1-27-32(26-36-39(2,3)33-25-30(50(44,45)46)16-18-34(33)41(36)19-11-7-10-14-37(42)43)31-17-15-29(40(20-22-47-4)21-23-48-5)24-35(31)49-38(27)28-12-8-6-9-13-28/h6,8-9,12-13,15-18,24-26H,7,10-11,14,19-23H2,1-5H3,(H-,42,43,44,45,46)/p+1. The fourth-order valence-corrected chi connectivity index (χ4v) is 7.23. The van der Waals surface area contributed by atoms with E-state index >= 15 is 0 Å². The van der Waals surface area contributed by atoms with E-state index in [1.165, 1.54) is 6.07 Å². The number of carboxylic acid groups (broad SMARTS) is 1. The summed E-state index contributed by atoms with van der Waals surface area (Å²) < 4.78 is 54.0. The van der Waals surface area contributed by atoms with Crippen molar-refractivity contribution in [2.75, 3.05) is 52.0 Å². The lowest BCUT2D eigenvalue weighted by Crippen LogP contribution is -2.35. The van der Waals surface area contributed by atoms with Gasteiger partial charge in [0.2, 0.25) is 5.36 Å². The number of fused-ring (bicyclic) bond motifs is 2.